The minimum absolute atomic E-state index is 0.123. The molecule has 1 amide bonds. The maximum absolute atomic E-state index is 11.5. The van der Waals surface area contributed by atoms with Crippen LogP contribution in [0.4, 0.5) is 0 Å². The molecule has 0 radical (unpaired) electrons. The van der Waals surface area contributed by atoms with Crippen LogP contribution in [0.25, 0.3) is 10.8 Å². The number of carbonyl (C=O) groups excluding carboxylic acids is 1. The molecule has 126 valence electrons. The molecular weight excluding hydrogens is 306 g/mol. The number of carbonyl (C=O) groups is 1. The van der Waals surface area contributed by atoms with Crippen LogP contribution in [-0.2, 0) is 16.2 Å². The monoisotopic (exact) mass is 327 g/mol. The summed E-state index contributed by atoms with van der Waals surface area (Å²) in [5, 5.41) is 6.12. The van der Waals surface area contributed by atoms with Crippen molar-refractivity contribution in [3.8, 4) is 5.75 Å². The second-order valence-corrected chi connectivity index (χ2v) is 5.82. The number of benzene rings is 2. The molecule has 0 bridgehead atoms. The lowest BCUT2D eigenvalue weighted by Crippen LogP contribution is -2.34. The van der Waals surface area contributed by atoms with Gasteiger partial charge in [-0.1, -0.05) is 23.4 Å². The summed E-state index contributed by atoms with van der Waals surface area (Å²) in [6, 6.07) is 12.0. The van der Waals surface area contributed by atoms with Crippen molar-refractivity contribution in [2.75, 3.05) is 20.2 Å². The average molecular weight is 327 g/mol. The van der Waals surface area contributed by atoms with Gasteiger partial charge in [0.05, 0.1) is 13.7 Å². The van der Waals surface area contributed by atoms with E-state index >= 15 is 0 Å². The maximum Gasteiger partial charge on any atom is 0.223 e. The van der Waals surface area contributed by atoms with Crippen LogP contribution in [0.1, 0.15) is 18.4 Å². The Morgan fingerprint density at radius 1 is 1.25 bits per heavy atom. The van der Waals surface area contributed by atoms with E-state index in [-0.39, 0.29) is 5.91 Å². The van der Waals surface area contributed by atoms with Gasteiger partial charge in [-0.15, -0.1) is 0 Å². The summed E-state index contributed by atoms with van der Waals surface area (Å²) in [7, 11) is 1.65. The summed E-state index contributed by atoms with van der Waals surface area (Å²) in [5.41, 5.74) is 6.82. The number of oxime groups is 1. The van der Waals surface area contributed by atoms with E-state index in [1.807, 2.05) is 36.4 Å². The molecule has 2 aromatic rings. The quantitative estimate of drug-likeness (QED) is 0.501. The zero-order valence-corrected chi connectivity index (χ0v) is 13.7. The molecule has 2 N–H and O–H groups in total. The molecule has 2 aromatic carbocycles. The Bertz CT molecular complexity index is 773. The lowest BCUT2D eigenvalue weighted by Gasteiger charge is -2.14. The molecule has 0 aromatic heterocycles. The van der Waals surface area contributed by atoms with Crippen LogP contribution in [0, 0.1) is 0 Å². The summed E-state index contributed by atoms with van der Waals surface area (Å²) in [5.74, 6) is 1.27. The van der Waals surface area contributed by atoms with Crippen molar-refractivity contribution in [3.05, 3.63) is 42.0 Å². The fraction of sp³-hybridized carbons (Fsp3) is 0.333. The van der Waals surface area contributed by atoms with Crippen molar-refractivity contribution >= 4 is 22.5 Å². The minimum Gasteiger partial charge on any atom is -0.497 e. The number of amidine groups is 1. The van der Waals surface area contributed by atoms with Gasteiger partial charge in [-0.05, 0) is 41.0 Å². The molecule has 0 spiro atoms. The second-order valence-electron chi connectivity index (χ2n) is 5.82. The Kier molecular flexibility index (Phi) is 4.84. The number of hydrogen-bond acceptors (Lipinski definition) is 4. The van der Waals surface area contributed by atoms with Gasteiger partial charge >= 0.3 is 0 Å². The molecule has 0 aliphatic carbocycles. The smallest absolute Gasteiger partial charge is 0.223 e. The van der Waals surface area contributed by atoms with Gasteiger partial charge in [0, 0.05) is 13.0 Å². The highest BCUT2D eigenvalue weighted by Gasteiger charge is 2.20. The van der Waals surface area contributed by atoms with Crippen molar-refractivity contribution < 1.29 is 14.4 Å². The van der Waals surface area contributed by atoms with E-state index in [4.69, 9.17) is 15.3 Å². The first-order valence-corrected chi connectivity index (χ1v) is 7.94. The van der Waals surface area contributed by atoms with Crippen LogP contribution in [-0.4, -0.2) is 36.8 Å². The molecule has 1 heterocycles. The third-order valence-corrected chi connectivity index (χ3v) is 4.05. The molecule has 24 heavy (non-hydrogen) atoms. The van der Waals surface area contributed by atoms with Crippen molar-refractivity contribution in [3.63, 3.8) is 0 Å². The summed E-state index contributed by atoms with van der Waals surface area (Å²) in [6.45, 7) is 1.40. The number of hydrogen-bond donors (Lipinski definition) is 1. The molecule has 0 saturated carbocycles. The van der Waals surface area contributed by atoms with Crippen LogP contribution in [0.3, 0.4) is 0 Å². The third-order valence-electron chi connectivity index (χ3n) is 4.05. The molecule has 1 fully saturated rings. The lowest BCUT2D eigenvalue weighted by atomic mass is 10.1. The van der Waals surface area contributed by atoms with E-state index in [0.29, 0.717) is 25.4 Å². The van der Waals surface area contributed by atoms with E-state index in [1.54, 1.807) is 12.0 Å². The first kappa shape index (κ1) is 16.1. The minimum atomic E-state index is 0.123. The standard InChI is InChI=1S/C18H21N3O3/c1-23-16-7-6-14-9-13(4-5-15(14)10-16)12-24-20-17(19)11-21-8-2-3-18(21)22/h4-7,9-10H,2-3,8,11-12H2,1H3,(H2,19,20). The SMILES string of the molecule is COc1ccc2cc(CO/N=C(\N)CN3CCCC3=O)ccc2c1. The van der Waals surface area contributed by atoms with E-state index in [9.17, 15) is 4.79 Å². The molecular formula is C18H21N3O3. The van der Waals surface area contributed by atoms with Gasteiger partial charge in [0.25, 0.3) is 0 Å². The maximum atomic E-state index is 11.5. The summed E-state index contributed by atoms with van der Waals surface area (Å²) in [6.07, 6.45) is 1.48. The highest BCUT2D eigenvalue weighted by molar-refractivity contribution is 5.87. The zero-order chi connectivity index (χ0) is 16.9. The lowest BCUT2D eigenvalue weighted by molar-refractivity contribution is -0.127. The van der Waals surface area contributed by atoms with Gasteiger partial charge in [0.1, 0.15) is 12.4 Å². The topological polar surface area (TPSA) is 77.2 Å². The number of amides is 1. The van der Waals surface area contributed by atoms with Crippen LogP contribution in [0.2, 0.25) is 0 Å². The predicted octanol–water partition coefficient (Wildman–Crippen LogP) is 2.26. The van der Waals surface area contributed by atoms with Gasteiger partial charge < -0.3 is 20.2 Å². The summed E-state index contributed by atoms with van der Waals surface area (Å²) < 4.78 is 5.22. The highest BCUT2D eigenvalue weighted by Crippen LogP contribution is 2.22. The summed E-state index contributed by atoms with van der Waals surface area (Å²) >= 11 is 0. The van der Waals surface area contributed by atoms with Gasteiger partial charge in [0.15, 0.2) is 5.84 Å². The van der Waals surface area contributed by atoms with Crippen molar-refractivity contribution in [2.24, 2.45) is 10.9 Å². The van der Waals surface area contributed by atoms with Gasteiger partial charge in [-0.2, -0.15) is 0 Å². The summed E-state index contributed by atoms with van der Waals surface area (Å²) in [4.78, 5) is 18.6. The van der Waals surface area contributed by atoms with Gasteiger partial charge in [-0.3, -0.25) is 4.79 Å². The average Bonchev–Trinajstić information content (AvgIpc) is 2.99. The number of rotatable bonds is 6. The molecule has 1 aliphatic rings. The number of fused-ring (bicyclic) bond motifs is 1. The van der Waals surface area contributed by atoms with Crippen molar-refractivity contribution in [1.29, 1.82) is 0 Å². The highest BCUT2D eigenvalue weighted by atomic mass is 16.6. The van der Waals surface area contributed by atoms with E-state index in [0.717, 1.165) is 35.1 Å². The Balaban J connectivity index is 1.58. The van der Waals surface area contributed by atoms with Gasteiger partial charge in [0.2, 0.25) is 5.91 Å². The Labute approximate surface area is 140 Å². The third kappa shape index (κ3) is 3.76. The molecule has 1 aliphatic heterocycles. The van der Waals surface area contributed by atoms with Gasteiger partial charge in [-0.25, -0.2) is 0 Å². The number of nitrogens with zero attached hydrogens (tertiary/aromatic N) is 2. The largest absolute Gasteiger partial charge is 0.497 e. The van der Waals surface area contributed by atoms with Crippen LogP contribution < -0.4 is 10.5 Å². The number of ether oxygens (including phenoxy) is 1. The Morgan fingerprint density at radius 2 is 2.04 bits per heavy atom. The fourth-order valence-corrected chi connectivity index (χ4v) is 2.78. The number of likely N-dealkylation sites (tertiary alicyclic amines) is 1. The van der Waals surface area contributed by atoms with E-state index in [2.05, 4.69) is 5.16 Å². The van der Waals surface area contributed by atoms with Crippen LogP contribution >= 0.6 is 0 Å². The first-order chi connectivity index (χ1) is 11.7. The first-order valence-electron chi connectivity index (χ1n) is 7.94. The van der Waals surface area contributed by atoms with Crippen LogP contribution in [0.5, 0.6) is 5.75 Å². The normalized spacial score (nSPS) is 15.1. The number of nitrogens with two attached hydrogens (primary N) is 1. The van der Waals surface area contributed by atoms with Crippen molar-refractivity contribution in [1.82, 2.24) is 4.90 Å². The fourth-order valence-electron chi connectivity index (χ4n) is 2.78. The Hall–Kier alpha value is -2.76. The molecule has 1 saturated heterocycles. The zero-order valence-electron chi connectivity index (χ0n) is 13.7. The molecule has 6 nitrogen and oxygen atoms in total. The van der Waals surface area contributed by atoms with Crippen LogP contribution in [0.15, 0.2) is 41.6 Å². The molecule has 6 heteroatoms. The molecule has 0 atom stereocenters. The predicted molar refractivity (Wildman–Crippen MR) is 92.7 cm³/mol. The van der Waals surface area contributed by atoms with Crippen molar-refractivity contribution in [2.45, 2.75) is 19.4 Å². The van der Waals surface area contributed by atoms with E-state index < -0.39 is 0 Å². The molecule has 3 rings (SSSR count). The van der Waals surface area contributed by atoms with E-state index in [1.165, 1.54) is 0 Å². The Morgan fingerprint density at radius 3 is 2.79 bits per heavy atom. The second kappa shape index (κ2) is 7.21. The number of methoxy groups -OCH3 is 1. The molecule has 0 unspecified atom stereocenters.